The van der Waals surface area contributed by atoms with Crippen molar-refractivity contribution < 1.29 is 18.3 Å². The molecule has 0 bridgehead atoms. The van der Waals surface area contributed by atoms with Gasteiger partial charge in [0, 0.05) is 31.3 Å². The van der Waals surface area contributed by atoms with Gasteiger partial charge in [0.25, 0.3) is 15.9 Å². The molecule has 1 aromatic rings. The summed E-state index contributed by atoms with van der Waals surface area (Å²) in [6.45, 7) is 2.65. The van der Waals surface area contributed by atoms with Gasteiger partial charge in [-0.2, -0.15) is 0 Å². The zero-order valence-electron chi connectivity index (χ0n) is 12.7. The van der Waals surface area contributed by atoms with Crippen molar-refractivity contribution in [3.05, 3.63) is 23.9 Å². The van der Waals surface area contributed by atoms with Crippen molar-refractivity contribution in [2.24, 2.45) is 5.92 Å². The molecule has 1 aliphatic heterocycles. The van der Waals surface area contributed by atoms with E-state index in [0.717, 1.165) is 12.8 Å². The molecule has 0 radical (unpaired) electrons. The van der Waals surface area contributed by atoms with Crippen LogP contribution >= 0.6 is 0 Å². The van der Waals surface area contributed by atoms with E-state index in [4.69, 9.17) is 0 Å². The maximum absolute atomic E-state index is 12.5. The van der Waals surface area contributed by atoms with Gasteiger partial charge in [0.2, 0.25) is 0 Å². The fraction of sp³-hybridized carbons (Fsp3) is 0.571. The van der Waals surface area contributed by atoms with Crippen molar-refractivity contribution in [3.63, 3.8) is 0 Å². The number of amides is 1. The summed E-state index contributed by atoms with van der Waals surface area (Å²) < 4.78 is 25.4. The number of hydrogen-bond donors (Lipinski definition) is 2. The molecule has 2 heterocycles. The SMILES string of the molecule is CCC1C(CO)CCN1C(=O)c1ccc(S(=O)(=O)NC)nc1. The minimum absolute atomic E-state index is 0.0122. The molecule has 2 unspecified atom stereocenters. The lowest BCUT2D eigenvalue weighted by molar-refractivity contribution is 0.0694. The first-order valence-corrected chi connectivity index (χ1v) is 8.74. The third-order valence-corrected chi connectivity index (χ3v) is 5.46. The molecule has 1 aromatic heterocycles. The van der Waals surface area contributed by atoms with Crippen LogP contribution in [0, 0.1) is 5.92 Å². The molecule has 0 aromatic carbocycles. The first kappa shape index (κ1) is 16.9. The number of nitrogens with zero attached hydrogens (tertiary/aromatic N) is 2. The molecule has 8 heteroatoms. The van der Waals surface area contributed by atoms with Gasteiger partial charge >= 0.3 is 0 Å². The Morgan fingerprint density at radius 1 is 1.50 bits per heavy atom. The third-order valence-electron chi connectivity index (χ3n) is 4.13. The van der Waals surface area contributed by atoms with Gasteiger partial charge in [-0.15, -0.1) is 0 Å². The highest BCUT2D eigenvalue weighted by molar-refractivity contribution is 7.89. The molecule has 0 saturated carbocycles. The van der Waals surface area contributed by atoms with Gasteiger partial charge in [-0.05, 0) is 32.0 Å². The topological polar surface area (TPSA) is 99.6 Å². The summed E-state index contributed by atoms with van der Waals surface area (Å²) >= 11 is 0. The number of aliphatic hydroxyl groups is 1. The zero-order chi connectivity index (χ0) is 16.3. The maximum Gasteiger partial charge on any atom is 0.257 e. The largest absolute Gasteiger partial charge is 0.396 e. The Morgan fingerprint density at radius 3 is 2.73 bits per heavy atom. The number of carbonyl (C=O) groups is 1. The zero-order valence-corrected chi connectivity index (χ0v) is 13.5. The van der Waals surface area contributed by atoms with E-state index in [1.54, 1.807) is 4.90 Å². The van der Waals surface area contributed by atoms with E-state index in [9.17, 15) is 18.3 Å². The minimum atomic E-state index is -3.61. The Kier molecular flexibility index (Phi) is 5.15. The van der Waals surface area contributed by atoms with Gasteiger partial charge in [-0.1, -0.05) is 6.92 Å². The van der Waals surface area contributed by atoms with Crippen molar-refractivity contribution in [2.75, 3.05) is 20.2 Å². The number of aliphatic hydroxyl groups excluding tert-OH is 1. The Labute approximate surface area is 130 Å². The molecule has 1 amide bonds. The summed E-state index contributed by atoms with van der Waals surface area (Å²) in [5, 5.41) is 9.25. The van der Waals surface area contributed by atoms with Crippen molar-refractivity contribution in [1.29, 1.82) is 0 Å². The van der Waals surface area contributed by atoms with Crippen LogP contribution in [-0.4, -0.2) is 55.6 Å². The van der Waals surface area contributed by atoms with E-state index < -0.39 is 10.0 Å². The lowest BCUT2D eigenvalue weighted by atomic mass is 9.99. The Bertz CT molecular complexity index is 630. The highest BCUT2D eigenvalue weighted by atomic mass is 32.2. The first-order chi connectivity index (χ1) is 10.4. The van der Waals surface area contributed by atoms with E-state index >= 15 is 0 Å². The van der Waals surface area contributed by atoms with Crippen molar-refractivity contribution >= 4 is 15.9 Å². The molecule has 22 heavy (non-hydrogen) atoms. The second kappa shape index (κ2) is 6.72. The molecule has 122 valence electrons. The summed E-state index contributed by atoms with van der Waals surface area (Å²) in [4.78, 5) is 18.1. The van der Waals surface area contributed by atoms with Crippen molar-refractivity contribution in [3.8, 4) is 0 Å². The van der Waals surface area contributed by atoms with E-state index in [2.05, 4.69) is 9.71 Å². The van der Waals surface area contributed by atoms with Gasteiger partial charge in [0.15, 0.2) is 5.03 Å². The summed E-state index contributed by atoms with van der Waals surface area (Å²) in [5.41, 5.74) is 0.354. The Hall–Kier alpha value is -1.51. The fourth-order valence-corrected chi connectivity index (χ4v) is 3.52. The molecule has 7 nitrogen and oxygen atoms in total. The number of likely N-dealkylation sites (tertiary alicyclic amines) is 1. The van der Waals surface area contributed by atoms with E-state index in [1.165, 1.54) is 25.4 Å². The molecule has 1 aliphatic rings. The number of pyridine rings is 1. The summed E-state index contributed by atoms with van der Waals surface area (Å²) in [5.74, 6) is -0.0745. The van der Waals surface area contributed by atoms with Crippen LogP contribution < -0.4 is 4.72 Å². The predicted octanol–water partition coefficient (Wildman–Crippen LogP) is 0.223. The average Bonchev–Trinajstić information content (AvgIpc) is 2.97. The molecular formula is C14H21N3O4S. The highest BCUT2D eigenvalue weighted by Crippen LogP contribution is 2.27. The van der Waals surface area contributed by atoms with Crippen LogP contribution in [0.2, 0.25) is 0 Å². The average molecular weight is 327 g/mol. The van der Waals surface area contributed by atoms with Crippen LogP contribution in [0.3, 0.4) is 0 Å². The van der Waals surface area contributed by atoms with E-state index in [-0.39, 0.29) is 29.5 Å². The monoisotopic (exact) mass is 327 g/mol. The van der Waals surface area contributed by atoms with Gasteiger partial charge in [0.1, 0.15) is 0 Å². The number of hydrogen-bond acceptors (Lipinski definition) is 5. The van der Waals surface area contributed by atoms with E-state index in [1.807, 2.05) is 6.92 Å². The quantitative estimate of drug-likeness (QED) is 0.806. The smallest absolute Gasteiger partial charge is 0.257 e. The van der Waals surface area contributed by atoms with Crippen LogP contribution in [0.25, 0.3) is 0 Å². The van der Waals surface area contributed by atoms with Crippen LogP contribution in [0.4, 0.5) is 0 Å². The Morgan fingerprint density at radius 2 is 2.23 bits per heavy atom. The lowest BCUT2D eigenvalue weighted by Crippen LogP contribution is -2.38. The normalized spacial score (nSPS) is 22.0. The molecular weight excluding hydrogens is 306 g/mol. The second-order valence-electron chi connectivity index (χ2n) is 5.30. The summed E-state index contributed by atoms with van der Waals surface area (Å²) in [6, 6.07) is 2.80. The highest BCUT2D eigenvalue weighted by Gasteiger charge is 2.35. The summed E-state index contributed by atoms with van der Waals surface area (Å²) in [7, 11) is -2.30. The van der Waals surface area contributed by atoms with Crippen LogP contribution in [0.5, 0.6) is 0 Å². The number of rotatable bonds is 5. The standard InChI is InChI=1S/C14H21N3O4S/c1-3-12-11(9-18)6-7-17(12)14(19)10-4-5-13(16-8-10)22(20,21)15-2/h4-5,8,11-12,15,18H,3,6-7,9H2,1-2H3. The number of carbonyl (C=O) groups excluding carboxylic acids is 1. The second-order valence-corrected chi connectivity index (χ2v) is 7.13. The van der Waals surface area contributed by atoms with Crippen LogP contribution in [-0.2, 0) is 10.0 Å². The van der Waals surface area contributed by atoms with E-state index in [0.29, 0.717) is 12.1 Å². The third kappa shape index (κ3) is 3.13. The maximum atomic E-state index is 12.5. The number of sulfonamides is 1. The molecule has 2 rings (SSSR count). The Balaban J connectivity index is 2.20. The van der Waals surface area contributed by atoms with Crippen molar-refractivity contribution in [2.45, 2.75) is 30.8 Å². The summed E-state index contributed by atoms with van der Waals surface area (Å²) in [6.07, 6.45) is 2.84. The molecule has 2 atom stereocenters. The first-order valence-electron chi connectivity index (χ1n) is 7.26. The molecule has 1 fully saturated rings. The van der Waals surface area contributed by atoms with Gasteiger partial charge in [0.05, 0.1) is 5.56 Å². The molecule has 0 aliphatic carbocycles. The van der Waals surface area contributed by atoms with Crippen LogP contribution in [0.1, 0.15) is 30.1 Å². The number of nitrogens with one attached hydrogen (secondary N) is 1. The predicted molar refractivity (Wildman–Crippen MR) is 80.8 cm³/mol. The van der Waals surface area contributed by atoms with Gasteiger partial charge < -0.3 is 10.0 Å². The fourth-order valence-electron chi connectivity index (χ4n) is 2.87. The molecule has 2 N–H and O–H groups in total. The van der Waals surface area contributed by atoms with Crippen LogP contribution in [0.15, 0.2) is 23.4 Å². The molecule has 1 saturated heterocycles. The number of aromatic nitrogens is 1. The van der Waals surface area contributed by atoms with Crippen molar-refractivity contribution in [1.82, 2.24) is 14.6 Å². The lowest BCUT2D eigenvalue weighted by Gasteiger charge is -2.26. The minimum Gasteiger partial charge on any atom is -0.396 e. The van der Waals surface area contributed by atoms with Gasteiger partial charge in [-0.25, -0.2) is 18.1 Å². The molecule has 0 spiro atoms. The van der Waals surface area contributed by atoms with Gasteiger partial charge in [-0.3, -0.25) is 4.79 Å².